The Morgan fingerprint density at radius 1 is 1.33 bits per heavy atom. The highest BCUT2D eigenvalue weighted by molar-refractivity contribution is 4.64. The molecule has 0 heterocycles. The Morgan fingerprint density at radius 3 is 2.67 bits per heavy atom. The third kappa shape index (κ3) is 7.54. The molecule has 9 heavy (non-hydrogen) atoms. The van der Waals surface area contributed by atoms with E-state index in [9.17, 15) is 0 Å². The Kier molecular flexibility index (Phi) is 7.15. The number of ether oxygens (including phenoxy) is 1. The van der Waals surface area contributed by atoms with E-state index in [1.54, 1.807) is 6.26 Å². The zero-order valence-corrected chi connectivity index (χ0v) is 6.39. The summed E-state index contributed by atoms with van der Waals surface area (Å²) < 4.78 is 5.10. The minimum absolute atomic E-state index is 0.873. The van der Waals surface area contributed by atoms with Crippen molar-refractivity contribution < 1.29 is 4.74 Å². The van der Waals surface area contributed by atoms with Crippen LogP contribution >= 0.6 is 0 Å². The van der Waals surface area contributed by atoms with Crippen molar-refractivity contribution in [1.29, 1.82) is 0 Å². The predicted octanol–water partition coefficient (Wildman–Crippen LogP) is 2.73. The minimum Gasteiger partial charge on any atom is -0.502 e. The second-order valence-corrected chi connectivity index (χ2v) is 2.05. The van der Waals surface area contributed by atoms with E-state index in [0.717, 1.165) is 6.61 Å². The van der Waals surface area contributed by atoms with Crippen LogP contribution < -0.4 is 0 Å². The smallest absolute Gasteiger partial charge is 0.0873 e. The van der Waals surface area contributed by atoms with Crippen molar-refractivity contribution in [3.63, 3.8) is 0 Å². The average Bonchev–Trinajstić information content (AvgIpc) is 1.89. The van der Waals surface area contributed by atoms with Crippen molar-refractivity contribution in [3.8, 4) is 0 Å². The zero-order chi connectivity index (χ0) is 6.95. The molecule has 0 bridgehead atoms. The van der Waals surface area contributed by atoms with Gasteiger partial charge in [-0.3, -0.25) is 0 Å². The third-order valence-corrected chi connectivity index (χ3v) is 1.10. The van der Waals surface area contributed by atoms with Gasteiger partial charge in [0.1, 0.15) is 0 Å². The van der Waals surface area contributed by atoms with E-state index in [1.165, 1.54) is 19.3 Å². The van der Waals surface area contributed by atoms with Gasteiger partial charge in [-0.05, 0) is 13.3 Å². The molecule has 0 aromatic rings. The first kappa shape index (κ1) is 8.54. The van der Waals surface area contributed by atoms with Crippen LogP contribution in [0.5, 0.6) is 0 Å². The van der Waals surface area contributed by atoms with Crippen LogP contribution in [0.3, 0.4) is 0 Å². The highest BCUT2D eigenvalue weighted by Crippen LogP contribution is 1.93. The van der Waals surface area contributed by atoms with Gasteiger partial charge in [0, 0.05) is 0 Å². The maximum absolute atomic E-state index is 5.10. The van der Waals surface area contributed by atoms with Crippen molar-refractivity contribution >= 4 is 0 Å². The monoisotopic (exact) mass is 128 g/mol. The molecule has 0 amide bonds. The van der Waals surface area contributed by atoms with Crippen molar-refractivity contribution in [2.24, 2.45) is 0 Å². The molecule has 0 saturated carbocycles. The van der Waals surface area contributed by atoms with Crippen LogP contribution in [0.25, 0.3) is 0 Å². The van der Waals surface area contributed by atoms with E-state index >= 15 is 0 Å². The van der Waals surface area contributed by atoms with E-state index in [0.29, 0.717) is 0 Å². The molecule has 0 unspecified atom stereocenters. The lowest BCUT2D eigenvalue weighted by molar-refractivity contribution is 0.241. The molecule has 1 heteroatoms. The fourth-order valence-corrected chi connectivity index (χ4v) is 0.600. The molecule has 0 spiro atoms. The molecule has 0 fully saturated rings. The largest absolute Gasteiger partial charge is 0.502 e. The van der Waals surface area contributed by atoms with Crippen LogP contribution in [0, 0.1) is 0 Å². The molecule has 0 saturated heterocycles. The van der Waals surface area contributed by atoms with Crippen LogP contribution in [-0.2, 0) is 4.74 Å². The van der Waals surface area contributed by atoms with Crippen LogP contribution in [0.15, 0.2) is 12.3 Å². The van der Waals surface area contributed by atoms with Gasteiger partial charge in [-0.1, -0.05) is 25.8 Å². The van der Waals surface area contributed by atoms with E-state index in [1.807, 2.05) is 13.0 Å². The number of unbranched alkanes of at least 4 members (excludes halogenated alkanes) is 2. The maximum atomic E-state index is 5.10. The summed E-state index contributed by atoms with van der Waals surface area (Å²) in [6.45, 7) is 5.02. The molecule has 0 N–H and O–H groups in total. The summed E-state index contributed by atoms with van der Waals surface area (Å²) in [5.41, 5.74) is 0. The first-order valence-corrected chi connectivity index (χ1v) is 3.64. The summed E-state index contributed by atoms with van der Waals surface area (Å²) in [6, 6.07) is 0. The number of hydrogen-bond acceptors (Lipinski definition) is 1. The SMILES string of the molecule is CC=COCCCCC. The lowest BCUT2D eigenvalue weighted by Gasteiger charge is -1.96. The molecule has 1 nitrogen and oxygen atoms in total. The van der Waals surface area contributed by atoms with Gasteiger partial charge in [0.25, 0.3) is 0 Å². The summed E-state index contributed by atoms with van der Waals surface area (Å²) >= 11 is 0. The van der Waals surface area contributed by atoms with Gasteiger partial charge in [-0.2, -0.15) is 0 Å². The van der Waals surface area contributed by atoms with E-state index in [4.69, 9.17) is 4.74 Å². The predicted molar refractivity (Wildman–Crippen MR) is 40.3 cm³/mol. The van der Waals surface area contributed by atoms with Gasteiger partial charge < -0.3 is 4.74 Å². The van der Waals surface area contributed by atoms with Gasteiger partial charge in [0.15, 0.2) is 0 Å². The lowest BCUT2D eigenvalue weighted by atomic mass is 10.3. The van der Waals surface area contributed by atoms with Crippen LogP contribution in [0.4, 0.5) is 0 Å². The van der Waals surface area contributed by atoms with Crippen molar-refractivity contribution in [3.05, 3.63) is 12.3 Å². The number of rotatable bonds is 5. The average molecular weight is 128 g/mol. The summed E-state index contributed by atoms with van der Waals surface area (Å²) in [7, 11) is 0. The van der Waals surface area contributed by atoms with Gasteiger partial charge in [-0.15, -0.1) is 0 Å². The molecular weight excluding hydrogens is 112 g/mol. The second kappa shape index (κ2) is 7.54. The van der Waals surface area contributed by atoms with Crippen LogP contribution in [0.2, 0.25) is 0 Å². The molecule has 54 valence electrons. The second-order valence-electron chi connectivity index (χ2n) is 2.05. The summed E-state index contributed by atoms with van der Waals surface area (Å²) in [4.78, 5) is 0. The minimum atomic E-state index is 0.873. The Labute approximate surface area is 57.7 Å². The summed E-state index contributed by atoms with van der Waals surface area (Å²) in [6.07, 6.45) is 7.37. The molecule has 0 atom stereocenters. The third-order valence-electron chi connectivity index (χ3n) is 1.10. The van der Waals surface area contributed by atoms with Crippen molar-refractivity contribution in [1.82, 2.24) is 0 Å². The Morgan fingerprint density at radius 2 is 2.11 bits per heavy atom. The molecule has 0 aliphatic rings. The zero-order valence-electron chi connectivity index (χ0n) is 6.39. The molecule has 0 aromatic heterocycles. The van der Waals surface area contributed by atoms with E-state index in [-0.39, 0.29) is 0 Å². The highest BCUT2D eigenvalue weighted by Gasteiger charge is 1.81. The van der Waals surface area contributed by atoms with E-state index < -0.39 is 0 Å². The lowest BCUT2D eigenvalue weighted by Crippen LogP contribution is -1.85. The fourth-order valence-electron chi connectivity index (χ4n) is 0.600. The number of hydrogen-bond donors (Lipinski definition) is 0. The van der Waals surface area contributed by atoms with Gasteiger partial charge in [0.2, 0.25) is 0 Å². The van der Waals surface area contributed by atoms with Gasteiger partial charge in [0.05, 0.1) is 12.9 Å². The van der Waals surface area contributed by atoms with Gasteiger partial charge in [-0.25, -0.2) is 0 Å². The number of allylic oxidation sites excluding steroid dienone is 1. The van der Waals surface area contributed by atoms with Gasteiger partial charge >= 0.3 is 0 Å². The van der Waals surface area contributed by atoms with Crippen LogP contribution in [0.1, 0.15) is 33.1 Å². The molecule has 0 rings (SSSR count). The molecule has 0 aromatic carbocycles. The van der Waals surface area contributed by atoms with E-state index in [2.05, 4.69) is 6.92 Å². The standard InChI is InChI=1S/C8H16O/c1-3-5-6-8-9-7-4-2/h4,7H,3,5-6,8H2,1-2H3. The first-order chi connectivity index (χ1) is 4.41. The molecule has 0 radical (unpaired) electrons. The maximum Gasteiger partial charge on any atom is 0.0873 e. The highest BCUT2D eigenvalue weighted by atomic mass is 16.5. The Balaban J connectivity index is 2.75. The molecule has 0 aliphatic carbocycles. The normalized spacial score (nSPS) is 10.4. The quantitative estimate of drug-likeness (QED) is 0.408. The Bertz CT molecular complexity index is 67.0. The Hall–Kier alpha value is -0.460. The fraction of sp³-hybridized carbons (Fsp3) is 0.750. The molecular formula is C8H16O. The topological polar surface area (TPSA) is 9.23 Å². The first-order valence-electron chi connectivity index (χ1n) is 3.64. The van der Waals surface area contributed by atoms with Crippen molar-refractivity contribution in [2.45, 2.75) is 33.1 Å². The molecule has 0 aliphatic heterocycles. The summed E-state index contributed by atoms with van der Waals surface area (Å²) in [5.74, 6) is 0. The van der Waals surface area contributed by atoms with Crippen molar-refractivity contribution in [2.75, 3.05) is 6.61 Å². The van der Waals surface area contributed by atoms with Crippen LogP contribution in [-0.4, -0.2) is 6.61 Å². The summed E-state index contributed by atoms with van der Waals surface area (Å²) in [5, 5.41) is 0.